The van der Waals surface area contributed by atoms with Crippen LogP contribution in [0.1, 0.15) is 59.3 Å². The van der Waals surface area contributed by atoms with Gasteiger partial charge >= 0.3 is 5.97 Å². The Kier molecular flexibility index (Phi) is 4.74. The summed E-state index contributed by atoms with van der Waals surface area (Å²) in [5, 5.41) is 0. The molecule has 0 saturated heterocycles. The zero-order valence-electron chi connectivity index (χ0n) is 15.8. The number of esters is 1. The van der Waals surface area contributed by atoms with Crippen molar-refractivity contribution in [3.05, 3.63) is 11.6 Å². The Balaban J connectivity index is 1.67. The van der Waals surface area contributed by atoms with E-state index < -0.39 is 0 Å². The lowest BCUT2D eigenvalue weighted by atomic mass is 9.47. The molecule has 0 amide bonds. The Morgan fingerprint density at radius 3 is 2.58 bits per heavy atom. The van der Waals surface area contributed by atoms with Crippen LogP contribution in [0.15, 0.2) is 11.6 Å². The molecule has 4 aliphatic carbocycles. The second kappa shape index (κ2) is 6.43. The molecule has 0 aromatic carbocycles. The minimum atomic E-state index is -0.147. The Morgan fingerprint density at radius 2 is 1.88 bits per heavy atom. The predicted octanol–water partition coefficient (Wildman–Crippen LogP) is 5.20. The first-order chi connectivity index (χ1) is 12.2. The standard InChI is InChI=1S/C21H28Br2O3/c1-11(24)26-19-5-4-13-12-8-16(22)15-9-18(25)17(23)10-21(15,3)14(12)6-7-20(13,19)2/h9,12-14,16-17,19H,4-8,10H2,1-3H3/t12-,13-,14-,16+,17+,19-,20-,21+/m0/s1. The molecule has 0 aromatic rings. The first-order valence-electron chi connectivity index (χ1n) is 9.88. The Hall–Kier alpha value is -0.160. The van der Waals surface area contributed by atoms with Crippen molar-refractivity contribution in [3.8, 4) is 0 Å². The first-order valence-corrected chi connectivity index (χ1v) is 11.7. The van der Waals surface area contributed by atoms with E-state index in [-0.39, 0.29) is 38.3 Å². The van der Waals surface area contributed by atoms with Gasteiger partial charge in [-0.15, -0.1) is 0 Å². The molecular formula is C21H28Br2O3. The normalized spacial score (nSPS) is 50.3. The van der Waals surface area contributed by atoms with Gasteiger partial charge in [-0.25, -0.2) is 0 Å². The quantitative estimate of drug-likeness (QED) is 0.377. The van der Waals surface area contributed by atoms with Gasteiger partial charge in [-0.05, 0) is 73.3 Å². The average molecular weight is 488 g/mol. The maximum absolute atomic E-state index is 12.3. The van der Waals surface area contributed by atoms with Crippen LogP contribution in [0.2, 0.25) is 0 Å². The second-order valence-electron chi connectivity index (χ2n) is 9.39. The van der Waals surface area contributed by atoms with Gasteiger partial charge < -0.3 is 4.74 Å². The summed E-state index contributed by atoms with van der Waals surface area (Å²) in [5.74, 6) is 1.93. The monoisotopic (exact) mass is 486 g/mol. The van der Waals surface area contributed by atoms with E-state index in [9.17, 15) is 9.59 Å². The Labute approximate surface area is 172 Å². The summed E-state index contributed by atoms with van der Waals surface area (Å²) in [7, 11) is 0. The zero-order valence-corrected chi connectivity index (χ0v) is 18.9. The van der Waals surface area contributed by atoms with Crippen molar-refractivity contribution in [2.45, 2.75) is 75.1 Å². The number of fused-ring (bicyclic) bond motifs is 5. The highest BCUT2D eigenvalue weighted by Crippen LogP contribution is 2.66. The van der Waals surface area contributed by atoms with Gasteiger partial charge in [0.1, 0.15) is 6.10 Å². The highest BCUT2D eigenvalue weighted by atomic mass is 79.9. The van der Waals surface area contributed by atoms with Crippen LogP contribution in [-0.4, -0.2) is 27.5 Å². The molecule has 0 aromatic heterocycles. The molecule has 4 aliphatic rings. The summed E-state index contributed by atoms with van der Waals surface area (Å²) in [6.45, 7) is 6.26. The van der Waals surface area contributed by atoms with Crippen LogP contribution in [0.3, 0.4) is 0 Å². The van der Waals surface area contributed by atoms with Crippen LogP contribution in [0.5, 0.6) is 0 Å². The predicted molar refractivity (Wildman–Crippen MR) is 108 cm³/mol. The number of ketones is 1. The molecule has 0 unspecified atom stereocenters. The van der Waals surface area contributed by atoms with Crippen molar-refractivity contribution < 1.29 is 14.3 Å². The van der Waals surface area contributed by atoms with E-state index in [0.29, 0.717) is 17.8 Å². The fourth-order valence-electron chi connectivity index (χ4n) is 6.93. The molecule has 0 spiro atoms. The maximum atomic E-state index is 12.3. The van der Waals surface area contributed by atoms with Gasteiger partial charge in [-0.3, -0.25) is 9.59 Å². The van der Waals surface area contributed by atoms with Crippen LogP contribution in [-0.2, 0) is 14.3 Å². The third kappa shape index (κ3) is 2.70. The van der Waals surface area contributed by atoms with Crippen molar-refractivity contribution in [2.75, 3.05) is 0 Å². The fourth-order valence-corrected chi connectivity index (χ4v) is 8.82. The molecule has 0 aliphatic heterocycles. The van der Waals surface area contributed by atoms with Crippen molar-refractivity contribution in [1.82, 2.24) is 0 Å². The van der Waals surface area contributed by atoms with E-state index in [1.807, 2.05) is 6.08 Å². The highest BCUT2D eigenvalue weighted by molar-refractivity contribution is 9.10. The topological polar surface area (TPSA) is 43.4 Å². The van der Waals surface area contributed by atoms with E-state index >= 15 is 0 Å². The summed E-state index contributed by atoms with van der Waals surface area (Å²) in [6, 6.07) is 0. The van der Waals surface area contributed by atoms with E-state index in [1.54, 1.807) is 0 Å². The number of alkyl halides is 2. The summed E-state index contributed by atoms with van der Waals surface area (Å²) in [6.07, 6.45) is 8.42. The highest BCUT2D eigenvalue weighted by Gasteiger charge is 2.61. The van der Waals surface area contributed by atoms with E-state index in [0.717, 1.165) is 38.5 Å². The lowest BCUT2D eigenvalue weighted by Crippen LogP contribution is -2.54. The Bertz CT molecular complexity index is 674. The minimum absolute atomic E-state index is 0.0552. The molecule has 0 heterocycles. The van der Waals surface area contributed by atoms with Crippen molar-refractivity contribution >= 4 is 43.6 Å². The molecule has 0 radical (unpaired) electrons. The van der Waals surface area contributed by atoms with Gasteiger partial charge in [0.15, 0.2) is 5.78 Å². The molecule has 0 N–H and O–H groups in total. The van der Waals surface area contributed by atoms with Crippen molar-refractivity contribution in [3.63, 3.8) is 0 Å². The van der Waals surface area contributed by atoms with Gasteiger partial charge in [-0.1, -0.05) is 45.7 Å². The first kappa shape index (κ1) is 19.2. The number of halogens is 2. The van der Waals surface area contributed by atoms with Crippen molar-refractivity contribution in [1.29, 1.82) is 0 Å². The van der Waals surface area contributed by atoms with Crippen LogP contribution in [0, 0.1) is 28.6 Å². The minimum Gasteiger partial charge on any atom is -0.462 e. The second-order valence-corrected chi connectivity index (χ2v) is 11.6. The number of hydrogen-bond donors (Lipinski definition) is 0. The van der Waals surface area contributed by atoms with Crippen LogP contribution < -0.4 is 0 Å². The summed E-state index contributed by atoms with van der Waals surface area (Å²) in [4.78, 5) is 24.1. The molecule has 4 rings (SSSR count). The number of carbonyl (C=O) groups excluding carboxylic acids is 2. The smallest absolute Gasteiger partial charge is 0.302 e. The lowest BCUT2D eigenvalue weighted by molar-refractivity contribution is -0.157. The van der Waals surface area contributed by atoms with Crippen LogP contribution in [0.25, 0.3) is 0 Å². The molecule has 26 heavy (non-hydrogen) atoms. The molecule has 8 atom stereocenters. The van der Waals surface area contributed by atoms with Gasteiger partial charge in [0.2, 0.25) is 0 Å². The van der Waals surface area contributed by atoms with E-state index in [2.05, 4.69) is 45.7 Å². The number of hydrogen-bond acceptors (Lipinski definition) is 3. The summed E-state index contributed by atoms with van der Waals surface area (Å²) in [5.41, 5.74) is 1.51. The Morgan fingerprint density at radius 1 is 1.15 bits per heavy atom. The van der Waals surface area contributed by atoms with E-state index in [4.69, 9.17) is 4.74 Å². The largest absolute Gasteiger partial charge is 0.462 e. The molecule has 3 saturated carbocycles. The van der Waals surface area contributed by atoms with Crippen LogP contribution in [0.4, 0.5) is 0 Å². The zero-order chi connectivity index (χ0) is 18.9. The number of allylic oxidation sites excluding steroid dienone is 1. The number of rotatable bonds is 1. The number of ether oxygens (including phenoxy) is 1. The molecule has 144 valence electrons. The molecule has 3 fully saturated rings. The third-order valence-electron chi connectivity index (χ3n) is 8.16. The van der Waals surface area contributed by atoms with Gasteiger partial charge in [-0.2, -0.15) is 0 Å². The summed E-state index contributed by atoms with van der Waals surface area (Å²) < 4.78 is 5.74. The van der Waals surface area contributed by atoms with Gasteiger partial charge in [0.05, 0.1) is 4.83 Å². The fraction of sp³-hybridized carbons (Fsp3) is 0.810. The molecule has 0 bridgehead atoms. The molecular weight excluding hydrogens is 460 g/mol. The molecule has 5 heteroatoms. The molecule has 3 nitrogen and oxygen atoms in total. The van der Waals surface area contributed by atoms with Crippen LogP contribution >= 0.6 is 31.9 Å². The lowest BCUT2D eigenvalue weighted by Gasteiger charge is -2.59. The van der Waals surface area contributed by atoms with Gasteiger partial charge in [0.25, 0.3) is 0 Å². The third-order valence-corrected chi connectivity index (χ3v) is 9.80. The summed E-state index contributed by atoms with van der Waals surface area (Å²) >= 11 is 7.55. The van der Waals surface area contributed by atoms with Gasteiger partial charge in [0, 0.05) is 17.2 Å². The maximum Gasteiger partial charge on any atom is 0.302 e. The van der Waals surface area contributed by atoms with E-state index in [1.165, 1.54) is 12.5 Å². The average Bonchev–Trinajstić information content (AvgIpc) is 2.87. The SMILES string of the molecule is CC(=O)O[C@H]1CC[C@H]2[C@@H]3C[C@@H](Br)C4=CC(=O)[C@H](Br)C[C@]4(C)[C@H]3CC[C@]12C. The number of carbonyl (C=O) groups is 2. The van der Waals surface area contributed by atoms with Crippen molar-refractivity contribution in [2.24, 2.45) is 28.6 Å².